The highest BCUT2D eigenvalue weighted by Gasteiger charge is 2.37. The second-order valence-electron chi connectivity index (χ2n) is 5.46. The lowest BCUT2D eigenvalue weighted by molar-refractivity contribution is 0.215. The monoisotopic (exact) mass is 321 g/mol. The first-order valence-electron chi connectivity index (χ1n) is 7.01. The van der Waals surface area contributed by atoms with Crippen molar-refractivity contribution >= 4 is 23.2 Å². The summed E-state index contributed by atoms with van der Waals surface area (Å²) < 4.78 is 5.76. The van der Waals surface area contributed by atoms with Crippen LogP contribution in [0.15, 0.2) is 42.5 Å². The van der Waals surface area contributed by atoms with Gasteiger partial charge in [0.05, 0.1) is 6.61 Å². The predicted octanol–water partition coefficient (Wildman–Crippen LogP) is 4.22. The molecule has 110 valence electrons. The lowest BCUT2D eigenvalue weighted by Gasteiger charge is -2.38. The molecule has 0 fully saturated rings. The highest BCUT2D eigenvalue weighted by atomic mass is 35.5. The van der Waals surface area contributed by atoms with Crippen molar-refractivity contribution in [3.8, 4) is 5.75 Å². The summed E-state index contributed by atoms with van der Waals surface area (Å²) in [7, 11) is 0. The summed E-state index contributed by atoms with van der Waals surface area (Å²) in [6.07, 6.45) is 1.59. The zero-order valence-corrected chi connectivity index (χ0v) is 13.1. The molecule has 0 aromatic heterocycles. The quantitative estimate of drug-likeness (QED) is 0.918. The van der Waals surface area contributed by atoms with Crippen molar-refractivity contribution in [1.29, 1.82) is 0 Å². The van der Waals surface area contributed by atoms with Gasteiger partial charge < -0.3 is 10.5 Å². The molecule has 2 nitrogen and oxygen atoms in total. The minimum atomic E-state index is -0.177. The predicted molar refractivity (Wildman–Crippen MR) is 87.5 cm³/mol. The molecule has 0 aliphatic carbocycles. The summed E-state index contributed by atoms with van der Waals surface area (Å²) in [6, 6.07) is 13.7. The van der Waals surface area contributed by atoms with E-state index < -0.39 is 0 Å². The topological polar surface area (TPSA) is 35.2 Å². The van der Waals surface area contributed by atoms with Gasteiger partial charge in [0.25, 0.3) is 0 Å². The molecule has 1 unspecified atom stereocenters. The second kappa shape index (κ2) is 5.88. The van der Waals surface area contributed by atoms with Gasteiger partial charge in [-0.1, -0.05) is 47.5 Å². The van der Waals surface area contributed by atoms with Crippen LogP contribution in [0.2, 0.25) is 10.0 Å². The summed E-state index contributed by atoms with van der Waals surface area (Å²) in [5.74, 6) is 0.914. The molecule has 0 amide bonds. The van der Waals surface area contributed by atoms with Crippen LogP contribution in [-0.2, 0) is 11.8 Å². The standard InChI is InChI=1S/C17H17Cl2NO/c18-14-5-3-6-15(19)12(14)10-17(11-20)8-9-21-16-7-2-1-4-13(16)17/h1-7H,8-11,20H2. The number of nitrogens with two attached hydrogens (primary N) is 1. The van der Waals surface area contributed by atoms with Crippen molar-refractivity contribution in [2.24, 2.45) is 5.73 Å². The minimum absolute atomic E-state index is 0.177. The average Bonchev–Trinajstić information content (AvgIpc) is 2.51. The van der Waals surface area contributed by atoms with E-state index in [2.05, 4.69) is 6.07 Å². The van der Waals surface area contributed by atoms with Crippen molar-refractivity contribution in [2.75, 3.05) is 13.2 Å². The molecule has 2 aromatic rings. The third-order valence-corrected chi connectivity index (χ3v) is 4.97. The maximum absolute atomic E-state index is 6.34. The highest BCUT2D eigenvalue weighted by Crippen LogP contribution is 2.42. The molecule has 0 bridgehead atoms. The lowest BCUT2D eigenvalue weighted by atomic mass is 9.72. The van der Waals surface area contributed by atoms with Gasteiger partial charge in [-0.15, -0.1) is 0 Å². The number of rotatable bonds is 3. The molecule has 3 rings (SSSR count). The Bertz CT molecular complexity index is 639. The van der Waals surface area contributed by atoms with E-state index in [0.717, 1.165) is 29.7 Å². The first kappa shape index (κ1) is 14.7. The fourth-order valence-corrected chi connectivity index (χ4v) is 3.56. The van der Waals surface area contributed by atoms with E-state index in [4.69, 9.17) is 33.7 Å². The van der Waals surface area contributed by atoms with Gasteiger partial charge in [-0.2, -0.15) is 0 Å². The van der Waals surface area contributed by atoms with Crippen LogP contribution in [0, 0.1) is 0 Å². The van der Waals surface area contributed by atoms with Gasteiger partial charge in [0.1, 0.15) is 5.75 Å². The van der Waals surface area contributed by atoms with Gasteiger partial charge in [-0.05, 0) is 36.6 Å². The van der Waals surface area contributed by atoms with Gasteiger partial charge in [0, 0.05) is 27.6 Å². The smallest absolute Gasteiger partial charge is 0.123 e. The van der Waals surface area contributed by atoms with Crippen LogP contribution in [0.3, 0.4) is 0 Å². The zero-order valence-electron chi connectivity index (χ0n) is 11.6. The van der Waals surface area contributed by atoms with Crippen molar-refractivity contribution in [2.45, 2.75) is 18.3 Å². The van der Waals surface area contributed by atoms with E-state index in [1.165, 1.54) is 0 Å². The molecule has 1 atom stereocenters. The minimum Gasteiger partial charge on any atom is -0.493 e. The number of hydrogen-bond donors (Lipinski definition) is 1. The first-order valence-corrected chi connectivity index (χ1v) is 7.77. The molecule has 0 radical (unpaired) electrons. The number of ether oxygens (including phenoxy) is 1. The van der Waals surface area contributed by atoms with E-state index in [1.807, 2.05) is 36.4 Å². The number of hydrogen-bond acceptors (Lipinski definition) is 2. The summed E-state index contributed by atoms with van der Waals surface area (Å²) in [4.78, 5) is 0. The van der Waals surface area contributed by atoms with Crippen molar-refractivity contribution < 1.29 is 4.74 Å². The molecule has 1 aliphatic rings. The van der Waals surface area contributed by atoms with Crippen LogP contribution in [0.4, 0.5) is 0 Å². The number of fused-ring (bicyclic) bond motifs is 1. The average molecular weight is 322 g/mol. The largest absolute Gasteiger partial charge is 0.493 e. The summed E-state index contributed by atoms with van der Waals surface area (Å²) >= 11 is 12.7. The number of benzene rings is 2. The van der Waals surface area contributed by atoms with E-state index in [-0.39, 0.29) is 5.41 Å². The number of para-hydroxylation sites is 1. The molecule has 4 heteroatoms. The van der Waals surface area contributed by atoms with Crippen LogP contribution in [-0.4, -0.2) is 13.2 Å². The third kappa shape index (κ3) is 2.64. The Morgan fingerprint density at radius 3 is 2.48 bits per heavy atom. The summed E-state index contributed by atoms with van der Waals surface area (Å²) in [5.41, 5.74) is 8.09. The van der Waals surface area contributed by atoms with Crippen molar-refractivity contribution in [3.63, 3.8) is 0 Å². The molecule has 0 saturated carbocycles. The molecule has 21 heavy (non-hydrogen) atoms. The Morgan fingerprint density at radius 2 is 1.76 bits per heavy atom. The van der Waals surface area contributed by atoms with Crippen LogP contribution in [0.1, 0.15) is 17.5 Å². The normalized spacial score (nSPS) is 20.7. The van der Waals surface area contributed by atoms with Gasteiger partial charge >= 0.3 is 0 Å². The van der Waals surface area contributed by atoms with Crippen LogP contribution >= 0.6 is 23.2 Å². The Labute approximate surface area is 134 Å². The molecule has 1 aliphatic heterocycles. The molecule has 1 heterocycles. The van der Waals surface area contributed by atoms with Crippen LogP contribution in [0.5, 0.6) is 5.75 Å². The summed E-state index contributed by atoms with van der Waals surface area (Å²) in [6.45, 7) is 1.20. The zero-order chi connectivity index (χ0) is 14.9. The van der Waals surface area contributed by atoms with Gasteiger partial charge in [0.2, 0.25) is 0 Å². The lowest BCUT2D eigenvalue weighted by Crippen LogP contribution is -2.41. The molecule has 2 N–H and O–H groups in total. The fraction of sp³-hybridized carbons (Fsp3) is 0.294. The SMILES string of the molecule is NCC1(Cc2c(Cl)cccc2Cl)CCOc2ccccc21. The van der Waals surface area contributed by atoms with Gasteiger partial charge in [-0.25, -0.2) is 0 Å². The highest BCUT2D eigenvalue weighted by molar-refractivity contribution is 6.36. The maximum atomic E-state index is 6.34. The van der Waals surface area contributed by atoms with Crippen LogP contribution in [0.25, 0.3) is 0 Å². The Hall–Kier alpha value is -1.22. The Morgan fingerprint density at radius 1 is 1.05 bits per heavy atom. The third-order valence-electron chi connectivity index (χ3n) is 4.26. The van der Waals surface area contributed by atoms with E-state index in [0.29, 0.717) is 23.2 Å². The molecule has 0 saturated heterocycles. The Kier molecular flexibility index (Phi) is 4.12. The number of halogens is 2. The Balaban J connectivity index is 2.07. The second-order valence-corrected chi connectivity index (χ2v) is 6.27. The molecular weight excluding hydrogens is 305 g/mol. The van der Waals surface area contributed by atoms with Crippen molar-refractivity contribution in [1.82, 2.24) is 0 Å². The molecule has 0 spiro atoms. The summed E-state index contributed by atoms with van der Waals surface area (Å²) in [5, 5.41) is 1.39. The van der Waals surface area contributed by atoms with Crippen LogP contribution < -0.4 is 10.5 Å². The van der Waals surface area contributed by atoms with E-state index in [1.54, 1.807) is 0 Å². The van der Waals surface area contributed by atoms with Crippen molar-refractivity contribution in [3.05, 3.63) is 63.6 Å². The van der Waals surface area contributed by atoms with E-state index in [9.17, 15) is 0 Å². The first-order chi connectivity index (χ1) is 10.2. The molecular formula is C17H17Cl2NO. The van der Waals surface area contributed by atoms with Gasteiger partial charge in [0.15, 0.2) is 0 Å². The van der Waals surface area contributed by atoms with Gasteiger partial charge in [-0.3, -0.25) is 0 Å². The van der Waals surface area contributed by atoms with E-state index >= 15 is 0 Å². The maximum Gasteiger partial charge on any atom is 0.123 e. The fourth-order valence-electron chi connectivity index (χ4n) is 3.03. The molecule has 2 aromatic carbocycles.